The SMILES string of the molecule is CC(=O)c1ccc2c(O)c(N=Nc3cc(N)ccc3S(=O)(=O)O)c(S(=O)(=O)O)c(N)c2c1. The van der Waals surface area contributed by atoms with E-state index in [0.29, 0.717) is 0 Å². The van der Waals surface area contributed by atoms with Gasteiger partial charge in [-0.2, -0.15) is 16.8 Å². The number of azo groups is 1. The first kappa shape index (κ1) is 23.1. The Morgan fingerprint density at radius 2 is 1.56 bits per heavy atom. The molecule has 3 rings (SSSR count). The summed E-state index contributed by atoms with van der Waals surface area (Å²) < 4.78 is 66.2. The van der Waals surface area contributed by atoms with Gasteiger partial charge in [0.1, 0.15) is 15.5 Å². The number of hydrogen-bond donors (Lipinski definition) is 5. The normalized spacial score (nSPS) is 12.5. The molecular formula is C18H16N4O8S2. The molecule has 0 aliphatic heterocycles. The van der Waals surface area contributed by atoms with Crippen molar-refractivity contribution in [3.8, 4) is 5.75 Å². The third-order valence-corrected chi connectivity index (χ3v) is 6.26. The molecule has 3 aromatic rings. The first-order valence-corrected chi connectivity index (χ1v) is 11.4. The van der Waals surface area contributed by atoms with E-state index in [1.807, 2.05) is 0 Å². The summed E-state index contributed by atoms with van der Waals surface area (Å²) in [6, 6.07) is 7.02. The average Bonchev–Trinajstić information content (AvgIpc) is 2.67. The maximum absolute atomic E-state index is 12.0. The fourth-order valence-corrected chi connectivity index (χ4v) is 4.34. The number of carbonyl (C=O) groups is 1. The summed E-state index contributed by atoms with van der Waals surface area (Å²) in [5.41, 5.74) is 9.92. The Morgan fingerprint density at radius 3 is 2.12 bits per heavy atom. The summed E-state index contributed by atoms with van der Waals surface area (Å²) in [7, 11) is -9.83. The number of phenolic OH excluding ortho intramolecular Hbond substituents is 1. The van der Waals surface area contributed by atoms with Crippen molar-refractivity contribution in [2.45, 2.75) is 16.7 Å². The molecule has 0 aromatic heterocycles. The van der Waals surface area contributed by atoms with E-state index in [1.54, 1.807) is 0 Å². The number of nitrogens with two attached hydrogens (primary N) is 2. The molecule has 0 fully saturated rings. The van der Waals surface area contributed by atoms with Crippen molar-refractivity contribution in [2.75, 3.05) is 11.5 Å². The van der Waals surface area contributed by atoms with Gasteiger partial charge in [-0.1, -0.05) is 6.07 Å². The molecule has 14 heteroatoms. The zero-order valence-electron chi connectivity index (χ0n) is 16.2. The van der Waals surface area contributed by atoms with Gasteiger partial charge >= 0.3 is 0 Å². The fraction of sp³-hybridized carbons (Fsp3) is 0.0556. The predicted octanol–water partition coefficient (Wildman–Crippen LogP) is 2.82. The van der Waals surface area contributed by atoms with Crippen LogP contribution in [0.5, 0.6) is 5.75 Å². The molecule has 7 N–H and O–H groups in total. The number of fused-ring (bicyclic) bond motifs is 1. The second kappa shape index (κ2) is 7.83. The van der Waals surface area contributed by atoms with Gasteiger partial charge in [0.15, 0.2) is 17.2 Å². The maximum atomic E-state index is 12.0. The molecule has 0 aliphatic carbocycles. The number of nitrogen functional groups attached to an aromatic ring is 2. The zero-order chi connectivity index (χ0) is 24.0. The Bertz CT molecular complexity index is 1530. The molecule has 168 valence electrons. The molecular weight excluding hydrogens is 464 g/mol. The maximum Gasteiger partial charge on any atom is 0.298 e. The quantitative estimate of drug-likeness (QED) is 0.118. The van der Waals surface area contributed by atoms with Crippen LogP contribution in [0, 0.1) is 0 Å². The van der Waals surface area contributed by atoms with Gasteiger partial charge < -0.3 is 16.6 Å². The smallest absolute Gasteiger partial charge is 0.298 e. The second-order valence-corrected chi connectivity index (χ2v) is 9.38. The minimum absolute atomic E-state index is 0.0172. The van der Waals surface area contributed by atoms with Crippen LogP contribution in [0.15, 0.2) is 56.4 Å². The zero-order valence-corrected chi connectivity index (χ0v) is 17.8. The van der Waals surface area contributed by atoms with E-state index in [2.05, 4.69) is 10.2 Å². The summed E-state index contributed by atoms with van der Waals surface area (Å²) in [4.78, 5) is 9.95. The molecule has 0 saturated heterocycles. The summed E-state index contributed by atoms with van der Waals surface area (Å²) in [6.45, 7) is 1.27. The minimum atomic E-state index is -5.08. The molecule has 0 aliphatic rings. The molecule has 0 spiro atoms. The van der Waals surface area contributed by atoms with Gasteiger partial charge in [-0.25, -0.2) is 0 Å². The Labute approximate surface area is 181 Å². The monoisotopic (exact) mass is 480 g/mol. The summed E-state index contributed by atoms with van der Waals surface area (Å²) >= 11 is 0. The number of nitrogens with zero attached hydrogens (tertiary/aromatic N) is 2. The van der Waals surface area contributed by atoms with Crippen LogP contribution in [-0.2, 0) is 20.2 Å². The lowest BCUT2D eigenvalue weighted by molar-refractivity contribution is 0.101. The number of hydrogen-bond acceptors (Lipinski definition) is 10. The number of ketones is 1. The predicted molar refractivity (Wildman–Crippen MR) is 115 cm³/mol. The van der Waals surface area contributed by atoms with E-state index in [-0.39, 0.29) is 27.8 Å². The van der Waals surface area contributed by atoms with E-state index in [0.717, 1.165) is 12.1 Å². The molecule has 3 aromatic carbocycles. The highest BCUT2D eigenvalue weighted by atomic mass is 32.2. The van der Waals surface area contributed by atoms with E-state index in [9.17, 15) is 35.8 Å². The largest absolute Gasteiger partial charge is 0.505 e. The van der Waals surface area contributed by atoms with Crippen molar-refractivity contribution in [3.63, 3.8) is 0 Å². The molecule has 12 nitrogen and oxygen atoms in total. The Hall–Kier alpha value is -3.59. The Balaban J connectivity index is 2.37. The van der Waals surface area contributed by atoms with Crippen LogP contribution in [0.2, 0.25) is 0 Å². The third-order valence-electron chi connectivity index (χ3n) is 4.43. The summed E-state index contributed by atoms with van der Waals surface area (Å²) in [6.07, 6.45) is 0. The molecule has 0 amide bonds. The van der Waals surface area contributed by atoms with Gasteiger partial charge in [-0.3, -0.25) is 13.9 Å². The van der Waals surface area contributed by atoms with Gasteiger partial charge in [0.05, 0.1) is 5.69 Å². The van der Waals surface area contributed by atoms with Gasteiger partial charge in [0.2, 0.25) is 0 Å². The number of aromatic hydroxyl groups is 1. The van der Waals surface area contributed by atoms with Crippen molar-refractivity contribution in [1.82, 2.24) is 0 Å². The second-order valence-electron chi connectivity index (χ2n) is 6.63. The molecule has 0 unspecified atom stereocenters. The topological polar surface area (TPSA) is 223 Å². The van der Waals surface area contributed by atoms with E-state index in [4.69, 9.17) is 11.5 Å². The molecule has 0 bridgehead atoms. The highest BCUT2D eigenvalue weighted by Crippen LogP contribution is 2.46. The Morgan fingerprint density at radius 1 is 0.906 bits per heavy atom. The standard InChI is InChI=1S/C18H16N4O8S2/c1-8(23)9-2-4-11-12(6-9)15(20)18(32(28,29)30)16(17(11)24)22-21-13-7-10(19)3-5-14(13)31(25,26)27/h2-7,24H,19-20H2,1H3,(H,25,26,27)(H,28,29,30). The van der Waals surface area contributed by atoms with Crippen molar-refractivity contribution in [1.29, 1.82) is 0 Å². The fourth-order valence-electron chi connectivity index (χ4n) is 2.97. The van der Waals surface area contributed by atoms with Crippen LogP contribution in [0.3, 0.4) is 0 Å². The summed E-state index contributed by atoms with van der Waals surface area (Å²) in [5.74, 6) is -1.12. The van der Waals surface area contributed by atoms with Crippen molar-refractivity contribution >= 4 is 59.5 Å². The number of phenols is 1. The lowest BCUT2D eigenvalue weighted by atomic mass is 10.0. The Kier molecular flexibility index (Phi) is 5.65. The van der Waals surface area contributed by atoms with Crippen molar-refractivity contribution < 1.29 is 35.8 Å². The van der Waals surface area contributed by atoms with Crippen LogP contribution in [0.4, 0.5) is 22.7 Å². The lowest BCUT2D eigenvalue weighted by Gasteiger charge is -2.13. The number of Topliss-reactive ketones (excluding diaryl/α,β-unsaturated/α-hetero) is 1. The van der Waals surface area contributed by atoms with Gasteiger partial charge in [0, 0.05) is 22.0 Å². The number of rotatable bonds is 5. The number of anilines is 2. The molecule has 0 saturated carbocycles. The molecule has 32 heavy (non-hydrogen) atoms. The number of benzene rings is 3. The molecule has 0 radical (unpaired) electrons. The molecule has 0 heterocycles. The van der Waals surface area contributed by atoms with E-state index in [1.165, 1.54) is 31.2 Å². The van der Waals surface area contributed by atoms with Crippen LogP contribution in [0.1, 0.15) is 17.3 Å². The van der Waals surface area contributed by atoms with Gasteiger partial charge in [-0.15, -0.1) is 10.2 Å². The first-order valence-electron chi connectivity index (χ1n) is 8.57. The highest BCUT2D eigenvalue weighted by molar-refractivity contribution is 7.86. The third kappa shape index (κ3) is 4.24. The lowest BCUT2D eigenvalue weighted by Crippen LogP contribution is -2.05. The number of carbonyl (C=O) groups excluding carboxylic acids is 1. The van der Waals surface area contributed by atoms with Crippen LogP contribution in [0.25, 0.3) is 10.8 Å². The highest BCUT2D eigenvalue weighted by Gasteiger charge is 2.27. The van der Waals surface area contributed by atoms with Crippen LogP contribution < -0.4 is 11.5 Å². The van der Waals surface area contributed by atoms with Crippen molar-refractivity contribution in [3.05, 3.63) is 42.0 Å². The van der Waals surface area contributed by atoms with Crippen LogP contribution >= 0.6 is 0 Å². The summed E-state index contributed by atoms with van der Waals surface area (Å²) in [5, 5.41) is 17.8. The van der Waals surface area contributed by atoms with Crippen molar-refractivity contribution in [2.24, 2.45) is 10.2 Å². The van der Waals surface area contributed by atoms with Crippen LogP contribution in [-0.4, -0.2) is 36.8 Å². The van der Waals surface area contributed by atoms with Gasteiger partial charge in [0.25, 0.3) is 20.2 Å². The van der Waals surface area contributed by atoms with E-state index >= 15 is 0 Å². The average molecular weight is 480 g/mol. The van der Waals surface area contributed by atoms with E-state index < -0.39 is 52.8 Å². The first-order chi connectivity index (χ1) is 14.7. The molecule has 0 atom stereocenters. The minimum Gasteiger partial charge on any atom is -0.505 e. The van der Waals surface area contributed by atoms with Gasteiger partial charge in [-0.05, 0) is 37.3 Å².